The van der Waals surface area contributed by atoms with Crippen LogP contribution in [0.15, 0.2) is 35.7 Å². The second-order valence-corrected chi connectivity index (χ2v) is 7.32. The zero-order chi connectivity index (χ0) is 18.4. The average Bonchev–Trinajstić information content (AvgIpc) is 3.06. The number of hydrogen-bond donors (Lipinski definition) is 2. The summed E-state index contributed by atoms with van der Waals surface area (Å²) in [5.74, 6) is -0.821. The summed E-state index contributed by atoms with van der Waals surface area (Å²) in [6, 6.07) is 7.47. The van der Waals surface area contributed by atoms with E-state index in [2.05, 4.69) is 10.6 Å². The van der Waals surface area contributed by atoms with E-state index in [4.69, 9.17) is 11.6 Å². The number of thiophene rings is 1. The first-order chi connectivity index (χ1) is 11.9. The molecule has 1 aromatic carbocycles. The molecular weight excluding hydrogens is 363 g/mol. The molecule has 0 saturated carbocycles. The van der Waals surface area contributed by atoms with Crippen molar-refractivity contribution in [3.63, 3.8) is 0 Å². The van der Waals surface area contributed by atoms with Crippen molar-refractivity contribution in [3.8, 4) is 0 Å². The van der Waals surface area contributed by atoms with E-state index in [1.807, 2.05) is 31.4 Å². The van der Waals surface area contributed by atoms with Crippen molar-refractivity contribution >= 4 is 34.8 Å². The molecule has 0 aliphatic heterocycles. The molecule has 4 nitrogen and oxygen atoms in total. The first-order valence-corrected chi connectivity index (χ1v) is 9.20. The molecular formula is C18H20ClFN2O2S. The zero-order valence-electron chi connectivity index (χ0n) is 14.0. The van der Waals surface area contributed by atoms with Gasteiger partial charge in [-0.25, -0.2) is 4.39 Å². The number of amides is 2. The van der Waals surface area contributed by atoms with E-state index in [-0.39, 0.29) is 41.4 Å². The highest BCUT2D eigenvalue weighted by atomic mass is 35.5. The Labute approximate surface area is 155 Å². The molecule has 0 aliphatic carbocycles. The molecule has 25 heavy (non-hydrogen) atoms. The Bertz CT molecular complexity index is 735. The van der Waals surface area contributed by atoms with Crippen LogP contribution in [0.5, 0.6) is 0 Å². The second kappa shape index (κ2) is 8.97. The van der Waals surface area contributed by atoms with Crippen LogP contribution in [0.1, 0.15) is 41.5 Å². The molecule has 1 atom stereocenters. The summed E-state index contributed by atoms with van der Waals surface area (Å²) in [5, 5.41) is 7.64. The lowest BCUT2D eigenvalue weighted by Gasteiger charge is -2.21. The van der Waals surface area contributed by atoms with E-state index in [1.54, 1.807) is 11.3 Å². The molecule has 2 N–H and O–H groups in total. The van der Waals surface area contributed by atoms with Crippen molar-refractivity contribution in [2.24, 2.45) is 5.92 Å². The van der Waals surface area contributed by atoms with Gasteiger partial charge in [-0.3, -0.25) is 9.59 Å². The highest BCUT2D eigenvalue weighted by Crippen LogP contribution is 2.25. The highest BCUT2D eigenvalue weighted by Gasteiger charge is 2.19. The van der Waals surface area contributed by atoms with E-state index >= 15 is 0 Å². The monoisotopic (exact) mass is 382 g/mol. The van der Waals surface area contributed by atoms with E-state index in [0.29, 0.717) is 0 Å². The van der Waals surface area contributed by atoms with Gasteiger partial charge >= 0.3 is 0 Å². The van der Waals surface area contributed by atoms with Crippen LogP contribution in [0.25, 0.3) is 0 Å². The number of halogens is 2. The van der Waals surface area contributed by atoms with Gasteiger partial charge in [-0.05, 0) is 35.6 Å². The number of carbonyl (C=O) groups is 2. The molecule has 134 valence electrons. The average molecular weight is 383 g/mol. The standard InChI is InChI=1S/C18H20ClFN2O2S/c1-11(2)17(15-4-3-9-25-15)22-16(23)7-8-21-18(24)13-6-5-12(20)10-14(13)19/h3-6,9-11,17H,7-8H2,1-2H3,(H,21,24)(H,22,23). The number of rotatable bonds is 7. The third-order valence-corrected chi connectivity index (χ3v) is 4.91. The molecule has 2 amide bonds. The van der Waals surface area contributed by atoms with Gasteiger partial charge in [0, 0.05) is 17.8 Å². The molecule has 7 heteroatoms. The minimum Gasteiger partial charge on any atom is -0.351 e. The molecule has 0 saturated heterocycles. The molecule has 1 heterocycles. The van der Waals surface area contributed by atoms with Crippen LogP contribution < -0.4 is 10.6 Å². The zero-order valence-corrected chi connectivity index (χ0v) is 15.6. The van der Waals surface area contributed by atoms with Crippen LogP contribution in [-0.4, -0.2) is 18.4 Å². The third kappa shape index (κ3) is 5.54. The van der Waals surface area contributed by atoms with Crippen molar-refractivity contribution in [2.45, 2.75) is 26.3 Å². The van der Waals surface area contributed by atoms with Crippen LogP contribution in [0.3, 0.4) is 0 Å². The number of hydrogen-bond acceptors (Lipinski definition) is 3. The first kappa shape index (κ1) is 19.4. The van der Waals surface area contributed by atoms with Crippen LogP contribution in [-0.2, 0) is 4.79 Å². The molecule has 0 aliphatic rings. The Morgan fingerprint density at radius 3 is 2.64 bits per heavy atom. The summed E-state index contributed by atoms with van der Waals surface area (Å²) in [6.07, 6.45) is 0.152. The van der Waals surface area contributed by atoms with Crippen LogP contribution in [0, 0.1) is 11.7 Å². The Kier molecular flexibility index (Phi) is 6.96. The van der Waals surface area contributed by atoms with Crippen LogP contribution in [0.2, 0.25) is 5.02 Å². The minimum atomic E-state index is -0.505. The van der Waals surface area contributed by atoms with Crippen molar-refractivity contribution < 1.29 is 14.0 Å². The molecule has 0 spiro atoms. The summed E-state index contributed by atoms with van der Waals surface area (Å²) < 4.78 is 13.0. The molecule has 2 aromatic rings. The predicted octanol–water partition coefficient (Wildman–Crippen LogP) is 4.17. The Morgan fingerprint density at radius 2 is 2.04 bits per heavy atom. The van der Waals surface area contributed by atoms with Crippen LogP contribution >= 0.6 is 22.9 Å². The van der Waals surface area contributed by atoms with E-state index < -0.39 is 11.7 Å². The number of nitrogens with one attached hydrogen (secondary N) is 2. The Morgan fingerprint density at radius 1 is 1.28 bits per heavy atom. The van der Waals surface area contributed by atoms with Gasteiger partial charge in [-0.1, -0.05) is 31.5 Å². The maximum atomic E-state index is 13.0. The van der Waals surface area contributed by atoms with E-state index in [0.717, 1.165) is 10.9 Å². The van der Waals surface area contributed by atoms with Gasteiger partial charge in [0.05, 0.1) is 16.6 Å². The van der Waals surface area contributed by atoms with E-state index in [9.17, 15) is 14.0 Å². The number of carbonyl (C=O) groups excluding carboxylic acids is 2. The van der Waals surface area contributed by atoms with Gasteiger partial charge in [-0.15, -0.1) is 11.3 Å². The quantitative estimate of drug-likeness (QED) is 0.754. The molecule has 2 rings (SSSR count). The molecule has 1 unspecified atom stereocenters. The summed E-state index contributed by atoms with van der Waals surface area (Å²) >= 11 is 7.45. The summed E-state index contributed by atoms with van der Waals surface area (Å²) in [7, 11) is 0. The molecule has 1 aromatic heterocycles. The van der Waals surface area contributed by atoms with Gasteiger partial charge < -0.3 is 10.6 Å². The maximum absolute atomic E-state index is 13.0. The van der Waals surface area contributed by atoms with Gasteiger partial charge in [-0.2, -0.15) is 0 Å². The normalized spacial score (nSPS) is 12.0. The fraction of sp³-hybridized carbons (Fsp3) is 0.333. The van der Waals surface area contributed by atoms with Gasteiger partial charge in [0.1, 0.15) is 5.82 Å². The maximum Gasteiger partial charge on any atom is 0.252 e. The lowest BCUT2D eigenvalue weighted by atomic mass is 10.0. The highest BCUT2D eigenvalue weighted by molar-refractivity contribution is 7.10. The van der Waals surface area contributed by atoms with Crippen LogP contribution in [0.4, 0.5) is 4.39 Å². The van der Waals surface area contributed by atoms with Gasteiger partial charge in [0.15, 0.2) is 0 Å². The lowest BCUT2D eigenvalue weighted by molar-refractivity contribution is -0.122. The predicted molar refractivity (Wildman–Crippen MR) is 98.4 cm³/mol. The topological polar surface area (TPSA) is 58.2 Å². The molecule has 0 fully saturated rings. The Balaban J connectivity index is 1.84. The third-order valence-electron chi connectivity index (χ3n) is 3.65. The summed E-state index contributed by atoms with van der Waals surface area (Å²) in [5.41, 5.74) is 0.183. The summed E-state index contributed by atoms with van der Waals surface area (Å²) in [4.78, 5) is 25.3. The number of benzene rings is 1. The van der Waals surface area contributed by atoms with Crippen molar-refractivity contribution in [1.29, 1.82) is 0 Å². The minimum absolute atomic E-state index is 0.0412. The SMILES string of the molecule is CC(C)C(NC(=O)CCNC(=O)c1ccc(F)cc1Cl)c1cccs1. The fourth-order valence-electron chi connectivity index (χ4n) is 2.34. The lowest BCUT2D eigenvalue weighted by Crippen LogP contribution is -2.34. The molecule has 0 bridgehead atoms. The van der Waals surface area contributed by atoms with Crippen molar-refractivity contribution in [3.05, 3.63) is 57.0 Å². The fourth-order valence-corrected chi connectivity index (χ4v) is 3.54. The van der Waals surface area contributed by atoms with Crippen molar-refractivity contribution in [2.75, 3.05) is 6.54 Å². The van der Waals surface area contributed by atoms with Gasteiger partial charge in [0.25, 0.3) is 5.91 Å². The molecule has 0 radical (unpaired) electrons. The van der Waals surface area contributed by atoms with Crippen molar-refractivity contribution in [1.82, 2.24) is 10.6 Å². The second-order valence-electron chi connectivity index (χ2n) is 5.93. The smallest absolute Gasteiger partial charge is 0.252 e. The first-order valence-electron chi connectivity index (χ1n) is 7.94. The van der Waals surface area contributed by atoms with E-state index in [1.165, 1.54) is 12.1 Å². The van der Waals surface area contributed by atoms with Gasteiger partial charge in [0.2, 0.25) is 5.91 Å². The Hall–Kier alpha value is -1.92. The summed E-state index contributed by atoms with van der Waals surface area (Å²) in [6.45, 7) is 4.26. The largest absolute Gasteiger partial charge is 0.351 e.